The minimum atomic E-state index is -1.05. The van der Waals surface area contributed by atoms with Crippen LogP contribution in [-0.4, -0.2) is 23.7 Å². The number of aliphatic carboxylic acids is 1. The van der Waals surface area contributed by atoms with Gasteiger partial charge in [-0.05, 0) is 23.8 Å². The van der Waals surface area contributed by atoms with E-state index in [1.807, 2.05) is 0 Å². The lowest BCUT2D eigenvalue weighted by Gasteiger charge is -2.13. The Morgan fingerprint density at radius 2 is 2.28 bits per heavy atom. The lowest BCUT2D eigenvalue weighted by Crippen LogP contribution is -2.41. The maximum atomic E-state index is 11.6. The minimum absolute atomic E-state index is 0.420. The van der Waals surface area contributed by atoms with Crippen LogP contribution >= 0.6 is 11.3 Å². The topological polar surface area (TPSA) is 78.4 Å². The van der Waals surface area contributed by atoms with E-state index in [1.54, 1.807) is 17.5 Å². The molecule has 1 heterocycles. The summed E-state index contributed by atoms with van der Waals surface area (Å²) in [5, 5.41) is 16.0. The minimum Gasteiger partial charge on any atom is -0.479 e. The lowest BCUT2D eigenvalue weighted by molar-refractivity contribution is -0.139. The molecule has 3 N–H and O–H groups in total. The van der Waals surface area contributed by atoms with Gasteiger partial charge in [-0.25, -0.2) is 9.59 Å². The van der Waals surface area contributed by atoms with E-state index >= 15 is 0 Å². The summed E-state index contributed by atoms with van der Waals surface area (Å²) in [6, 6.07) is 2.08. The molecule has 2 amide bonds. The molecule has 1 unspecified atom stereocenters. The number of nitrogens with one attached hydrogen (secondary N) is 2. The monoisotopic (exact) mass is 268 g/mol. The Balaban J connectivity index is 1.80. The van der Waals surface area contributed by atoms with Gasteiger partial charge in [0.1, 0.15) is 0 Å². The SMILES string of the molecule is O=C(NCCC1CC1)NC(C(=O)O)c1cccs1. The second-order valence-corrected chi connectivity index (χ2v) is 5.40. The maximum Gasteiger partial charge on any atom is 0.331 e. The molecule has 1 aromatic rings. The van der Waals surface area contributed by atoms with Gasteiger partial charge >= 0.3 is 12.0 Å². The highest BCUT2D eigenvalue weighted by Crippen LogP contribution is 2.31. The standard InChI is InChI=1S/C12H16N2O3S/c15-11(16)10(9-2-1-7-18-9)14-12(17)13-6-5-8-3-4-8/h1-2,7-8,10H,3-6H2,(H,15,16)(H2,13,14,17). The zero-order valence-electron chi connectivity index (χ0n) is 9.89. The average Bonchev–Trinajstić information content (AvgIpc) is 2.99. The highest BCUT2D eigenvalue weighted by Gasteiger charge is 2.24. The largest absolute Gasteiger partial charge is 0.479 e. The van der Waals surface area contributed by atoms with Crippen LogP contribution in [0.4, 0.5) is 4.79 Å². The molecule has 5 nitrogen and oxygen atoms in total. The van der Waals surface area contributed by atoms with E-state index in [9.17, 15) is 9.59 Å². The molecular weight excluding hydrogens is 252 g/mol. The molecule has 0 aliphatic heterocycles. The van der Waals surface area contributed by atoms with Crippen LogP contribution in [0.5, 0.6) is 0 Å². The maximum absolute atomic E-state index is 11.6. The van der Waals surface area contributed by atoms with Crippen molar-refractivity contribution in [3.63, 3.8) is 0 Å². The number of thiophene rings is 1. The van der Waals surface area contributed by atoms with Crippen molar-refractivity contribution in [2.24, 2.45) is 5.92 Å². The van der Waals surface area contributed by atoms with E-state index in [1.165, 1.54) is 24.2 Å². The molecule has 2 rings (SSSR count). The van der Waals surface area contributed by atoms with Crippen LogP contribution in [0.3, 0.4) is 0 Å². The first-order valence-electron chi connectivity index (χ1n) is 5.97. The van der Waals surface area contributed by atoms with Gasteiger partial charge < -0.3 is 15.7 Å². The Morgan fingerprint density at radius 1 is 1.50 bits per heavy atom. The van der Waals surface area contributed by atoms with Crippen LogP contribution in [-0.2, 0) is 4.79 Å². The molecular formula is C12H16N2O3S. The normalized spacial score (nSPS) is 16.0. The summed E-state index contributed by atoms with van der Waals surface area (Å²) in [7, 11) is 0. The van der Waals surface area contributed by atoms with Crippen LogP contribution in [0.25, 0.3) is 0 Å². The van der Waals surface area contributed by atoms with E-state index in [-0.39, 0.29) is 0 Å². The molecule has 1 aromatic heterocycles. The van der Waals surface area contributed by atoms with E-state index in [4.69, 9.17) is 5.11 Å². The van der Waals surface area contributed by atoms with Crippen molar-refractivity contribution in [1.82, 2.24) is 10.6 Å². The van der Waals surface area contributed by atoms with E-state index in [0.29, 0.717) is 11.4 Å². The summed E-state index contributed by atoms with van der Waals surface area (Å²) in [5.74, 6) is -0.298. The van der Waals surface area contributed by atoms with Crippen molar-refractivity contribution in [2.45, 2.75) is 25.3 Å². The molecule has 6 heteroatoms. The molecule has 0 radical (unpaired) electrons. The van der Waals surface area contributed by atoms with Gasteiger partial charge in [0.2, 0.25) is 0 Å². The first-order chi connectivity index (χ1) is 8.66. The van der Waals surface area contributed by atoms with Crippen LogP contribution in [0, 0.1) is 5.92 Å². The Kier molecular flexibility index (Phi) is 4.19. The fraction of sp³-hybridized carbons (Fsp3) is 0.500. The van der Waals surface area contributed by atoms with Crippen molar-refractivity contribution in [1.29, 1.82) is 0 Å². The molecule has 1 atom stereocenters. The summed E-state index contributed by atoms with van der Waals surface area (Å²) < 4.78 is 0. The first kappa shape index (κ1) is 12.9. The van der Waals surface area contributed by atoms with Crippen molar-refractivity contribution >= 4 is 23.3 Å². The number of rotatable bonds is 6. The van der Waals surface area contributed by atoms with Crippen molar-refractivity contribution in [3.05, 3.63) is 22.4 Å². The van der Waals surface area contributed by atoms with Gasteiger partial charge in [-0.3, -0.25) is 0 Å². The van der Waals surface area contributed by atoms with Crippen molar-refractivity contribution < 1.29 is 14.7 Å². The number of hydrogen-bond donors (Lipinski definition) is 3. The second kappa shape index (κ2) is 5.86. The zero-order chi connectivity index (χ0) is 13.0. The van der Waals surface area contributed by atoms with Gasteiger partial charge in [-0.2, -0.15) is 0 Å². The highest BCUT2D eigenvalue weighted by atomic mass is 32.1. The van der Waals surface area contributed by atoms with Crippen LogP contribution < -0.4 is 10.6 Å². The number of carboxylic acid groups (broad SMARTS) is 1. The third-order valence-corrected chi connectivity index (χ3v) is 3.82. The molecule has 1 fully saturated rings. The first-order valence-corrected chi connectivity index (χ1v) is 6.85. The van der Waals surface area contributed by atoms with Gasteiger partial charge in [0, 0.05) is 11.4 Å². The summed E-state index contributed by atoms with van der Waals surface area (Å²) in [6.07, 6.45) is 3.47. The molecule has 18 heavy (non-hydrogen) atoms. The number of carbonyl (C=O) groups is 2. The molecule has 1 saturated carbocycles. The molecule has 0 aromatic carbocycles. The smallest absolute Gasteiger partial charge is 0.331 e. The second-order valence-electron chi connectivity index (χ2n) is 4.42. The zero-order valence-corrected chi connectivity index (χ0v) is 10.7. The predicted molar refractivity (Wildman–Crippen MR) is 68.6 cm³/mol. The van der Waals surface area contributed by atoms with Crippen LogP contribution in [0.15, 0.2) is 17.5 Å². The lowest BCUT2D eigenvalue weighted by atomic mass is 10.2. The third kappa shape index (κ3) is 3.73. The molecule has 98 valence electrons. The van der Waals surface area contributed by atoms with Gasteiger partial charge in [0.15, 0.2) is 6.04 Å². The predicted octanol–water partition coefficient (Wildman–Crippen LogP) is 1.97. The Bertz CT molecular complexity index is 415. The Hall–Kier alpha value is -1.56. The summed E-state index contributed by atoms with van der Waals surface area (Å²) in [5.41, 5.74) is 0. The van der Waals surface area contributed by atoms with Crippen molar-refractivity contribution in [2.75, 3.05) is 6.54 Å². The van der Waals surface area contributed by atoms with E-state index < -0.39 is 18.0 Å². The van der Waals surface area contributed by atoms with Crippen LogP contribution in [0.1, 0.15) is 30.2 Å². The number of amides is 2. The van der Waals surface area contributed by atoms with Gasteiger partial charge in [-0.15, -0.1) is 11.3 Å². The molecule has 0 bridgehead atoms. The van der Waals surface area contributed by atoms with E-state index in [2.05, 4.69) is 10.6 Å². The molecule has 1 aliphatic carbocycles. The fourth-order valence-electron chi connectivity index (χ4n) is 1.69. The molecule has 0 saturated heterocycles. The molecule has 0 spiro atoms. The summed E-state index contributed by atoms with van der Waals surface area (Å²) in [6.45, 7) is 0.604. The van der Waals surface area contributed by atoms with Gasteiger partial charge in [-0.1, -0.05) is 18.9 Å². The number of hydrogen-bond acceptors (Lipinski definition) is 3. The highest BCUT2D eigenvalue weighted by molar-refractivity contribution is 7.10. The Labute approximate surface area is 109 Å². The quantitative estimate of drug-likeness (QED) is 0.738. The number of carbonyl (C=O) groups excluding carboxylic acids is 1. The van der Waals surface area contributed by atoms with Crippen molar-refractivity contribution in [3.8, 4) is 0 Å². The Morgan fingerprint density at radius 3 is 2.83 bits per heavy atom. The summed E-state index contributed by atoms with van der Waals surface area (Å²) >= 11 is 1.32. The number of urea groups is 1. The molecule has 1 aliphatic rings. The summed E-state index contributed by atoms with van der Waals surface area (Å²) in [4.78, 5) is 23.3. The van der Waals surface area contributed by atoms with Gasteiger partial charge in [0.05, 0.1) is 0 Å². The van der Waals surface area contributed by atoms with E-state index in [0.717, 1.165) is 12.3 Å². The average molecular weight is 268 g/mol. The fourth-order valence-corrected chi connectivity index (χ4v) is 2.46. The van der Waals surface area contributed by atoms with Gasteiger partial charge in [0.25, 0.3) is 0 Å². The number of carboxylic acids is 1. The van der Waals surface area contributed by atoms with Crippen LogP contribution in [0.2, 0.25) is 0 Å². The third-order valence-electron chi connectivity index (χ3n) is 2.89.